The summed E-state index contributed by atoms with van der Waals surface area (Å²) in [4.78, 5) is 2.52. The lowest BCUT2D eigenvalue weighted by Crippen LogP contribution is -2.31. The predicted octanol–water partition coefficient (Wildman–Crippen LogP) is 3.30. The summed E-state index contributed by atoms with van der Waals surface area (Å²) in [5.74, 6) is 0. The standard InChI is InChI=1S/C11H25N/c1-5-8-10-12(4)11(7-3)9-6-2/h11H,5-10H2,1-4H3. The maximum Gasteiger partial charge on any atom is 0.00894 e. The molecule has 0 radical (unpaired) electrons. The Kier molecular flexibility index (Phi) is 7.58. The van der Waals surface area contributed by atoms with Gasteiger partial charge >= 0.3 is 0 Å². The zero-order valence-corrected chi connectivity index (χ0v) is 9.27. The first-order valence-electron chi connectivity index (χ1n) is 5.46. The van der Waals surface area contributed by atoms with Crippen LogP contribution in [0.15, 0.2) is 0 Å². The smallest absolute Gasteiger partial charge is 0.00894 e. The van der Waals surface area contributed by atoms with Gasteiger partial charge in [-0.15, -0.1) is 0 Å². The van der Waals surface area contributed by atoms with E-state index in [0.717, 1.165) is 6.04 Å². The fraction of sp³-hybridized carbons (Fsp3) is 1.00. The Labute approximate surface area is 78.1 Å². The van der Waals surface area contributed by atoms with Gasteiger partial charge in [0, 0.05) is 6.04 Å². The lowest BCUT2D eigenvalue weighted by molar-refractivity contribution is 0.220. The molecule has 0 fully saturated rings. The fourth-order valence-electron chi connectivity index (χ4n) is 1.66. The number of unbranched alkanes of at least 4 members (excludes halogenated alkanes) is 1. The molecular formula is C11H25N. The quantitative estimate of drug-likeness (QED) is 0.568. The van der Waals surface area contributed by atoms with Gasteiger partial charge in [0.1, 0.15) is 0 Å². The largest absolute Gasteiger partial charge is 0.303 e. The Balaban J connectivity index is 3.60. The van der Waals surface area contributed by atoms with E-state index >= 15 is 0 Å². The maximum absolute atomic E-state index is 2.52. The Morgan fingerprint density at radius 2 is 1.75 bits per heavy atom. The second-order valence-corrected chi connectivity index (χ2v) is 3.68. The van der Waals surface area contributed by atoms with E-state index in [1.54, 1.807) is 0 Å². The average Bonchev–Trinajstić information content (AvgIpc) is 2.10. The molecule has 1 nitrogen and oxygen atoms in total. The summed E-state index contributed by atoms with van der Waals surface area (Å²) in [7, 11) is 2.26. The molecule has 0 spiro atoms. The van der Waals surface area contributed by atoms with Crippen LogP contribution >= 0.6 is 0 Å². The topological polar surface area (TPSA) is 3.24 Å². The molecular weight excluding hydrogens is 146 g/mol. The highest BCUT2D eigenvalue weighted by Crippen LogP contribution is 2.09. The van der Waals surface area contributed by atoms with Gasteiger partial charge in [-0.2, -0.15) is 0 Å². The van der Waals surface area contributed by atoms with Gasteiger partial charge in [-0.05, 0) is 32.9 Å². The Hall–Kier alpha value is -0.0400. The summed E-state index contributed by atoms with van der Waals surface area (Å²) < 4.78 is 0. The fourth-order valence-corrected chi connectivity index (χ4v) is 1.66. The monoisotopic (exact) mass is 171 g/mol. The maximum atomic E-state index is 2.52. The molecule has 0 heterocycles. The number of hydrogen-bond acceptors (Lipinski definition) is 1. The summed E-state index contributed by atoms with van der Waals surface area (Å²) >= 11 is 0. The van der Waals surface area contributed by atoms with Crippen molar-refractivity contribution in [3.8, 4) is 0 Å². The Morgan fingerprint density at radius 3 is 2.17 bits per heavy atom. The summed E-state index contributed by atoms with van der Waals surface area (Å²) in [6.07, 6.45) is 6.63. The van der Waals surface area contributed by atoms with Crippen LogP contribution in [0.2, 0.25) is 0 Å². The molecule has 0 amide bonds. The van der Waals surface area contributed by atoms with Crippen LogP contribution in [0.1, 0.15) is 52.9 Å². The van der Waals surface area contributed by atoms with Crippen LogP contribution in [0.4, 0.5) is 0 Å². The molecule has 0 aliphatic carbocycles. The molecule has 0 aliphatic rings. The van der Waals surface area contributed by atoms with Crippen LogP contribution in [0.3, 0.4) is 0 Å². The van der Waals surface area contributed by atoms with E-state index in [2.05, 4.69) is 32.7 Å². The highest BCUT2D eigenvalue weighted by atomic mass is 15.1. The van der Waals surface area contributed by atoms with Crippen molar-refractivity contribution < 1.29 is 0 Å². The van der Waals surface area contributed by atoms with Crippen molar-refractivity contribution in [1.82, 2.24) is 4.90 Å². The minimum atomic E-state index is 0.821. The molecule has 74 valence electrons. The van der Waals surface area contributed by atoms with E-state index in [-0.39, 0.29) is 0 Å². The normalized spacial score (nSPS) is 13.8. The van der Waals surface area contributed by atoms with Crippen LogP contribution < -0.4 is 0 Å². The van der Waals surface area contributed by atoms with Gasteiger partial charge in [0.2, 0.25) is 0 Å². The molecule has 1 heteroatoms. The Bertz CT molecular complexity index is 91.0. The van der Waals surface area contributed by atoms with Gasteiger partial charge in [-0.1, -0.05) is 33.6 Å². The molecule has 0 saturated heterocycles. The van der Waals surface area contributed by atoms with Gasteiger partial charge in [-0.25, -0.2) is 0 Å². The van der Waals surface area contributed by atoms with E-state index in [4.69, 9.17) is 0 Å². The molecule has 0 aromatic carbocycles. The van der Waals surface area contributed by atoms with E-state index < -0.39 is 0 Å². The zero-order chi connectivity index (χ0) is 9.40. The molecule has 1 atom stereocenters. The van der Waals surface area contributed by atoms with E-state index in [0.29, 0.717) is 0 Å². The lowest BCUT2D eigenvalue weighted by atomic mass is 10.1. The Morgan fingerprint density at radius 1 is 1.08 bits per heavy atom. The summed E-state index contributed by atoms with van der Waals surface area (Å²) in [5, 5.41) is 0. The molecule has 1 unspecified atom stereocenters. The molecule has 0 aromatic rings. The van der Waals surface area contributed by atoms with E-state index in [1.165, 1.54) is 38.6 Å². The van der Waals surface area contributed by atoms with Crippen LogP contribution in [-0.2, 0) is 0 Å². The highest BCUT2D eigenvalue weighted by molar-refractivity contribution is 4.65. The molecule has 0 bridgehead atoms. The summed E-state index contributed by atoms with van der Waals surface area (Å²) in [5.41, 5.74) is 0. The lowest BCUT2D eigenvalue weighted by Gasteiger charge is -2.26. The first-order chi connectivity index (χ1) is 5.76. The zero-order valence-electron chi connectivity index (χ0n) is 9.27. The molecule has 12 heavy (non-hydrogen) atoms. The molecule has 0 aliphatic heterocycles. The van der Waals surface area contributed by atoms with Crippen LogP contribution in [0.5, 0.6) is 0 Å². The van der Waals surface area contributed by atoms with Gasteiger partial charge in [0.15, 0.2) is 0 Å². The first kappa shape index (κ1) is 12.0. The van der Waals surface area contributed by atoms with Gasteiger partial charge < -0.3 is 4.90 Å². The van der Waals surface area contributed by atoms with Crippen molar-refractivity contribution in [1.29, 1.82) is 0 Å². The van der Waals surface area contributed by atoms with Crippen molar-refractivity contribution in [3.63, 3.8) is 0 Å². The SMILES string of the molecule is CCCCN(C)C(CC)CCC. The van der Waals surface area contributed by atoms with Crippen molar-refractivity contribution in [2.75, 3.05) is 13.6 Å². The first-order valence-corrected chi connectivity index (χ1v) is 5.46. The third kappa shape index (κ3) is 4.76. The second-order valence-electron chi connectivity index (χ2n) is 3.68. The van der Waals surface area contributed by atoms with E-state index in [1.807, 2.05) is 0 Å². The summed E-state index contributed by atoms with van der Waals surface area (Å²) in [6.45, 7) is 8.10. The number of rotatable bonds is 7. The number of hydrogen-bond donors (Lipinski definition) is 0. The van der Waals surface area contributed by atoms with Crippen LogP contribution in [-0.4, -0.2) is 24.5 Å². The summed E-state index contributed by atoms with van der Waals surface area (Å²) in [6, 6.07) is 0.821. The van der Waals surface area contributed by atoms with Gasteiger partial charge in [0.25, 0.3) is 0 Å². The van der Waals surface area contributed by atoms with Crippen LogP contribution in [0, 0.1) is 0 Å². The number of nitrogens with zero attached hydrogens (tertiary/aromatic N) is 1. The van der Waals surface area contributed by atoms with Gasteiger partial charge in [0.05, 0.1) is 0 Å². The van der Waals surface area contributed by atoms with Crippen molar-refractivity contribution >= 4 is 0 Å². The van der Waals surface area contributed by atoms with Crippen molar-refractivity contribution in [3.05, 3.63) is 0 Å². The molecule has 0 rings (SSSR count). The molecule has 0 N–H and O–H groups in total. The average molecular weight is 171 g/mol. The molecule has 0 saturated carbocycles. The van der Waals surface area contributed by atoms with Crippen molar-refractivity contribution in [2.24, 2.45) is 0 Å². The highest BCUT2D eigenvalue weighted by Gasteiger charge is 2.09. The third-order valence-electron chi connectivity index (χ3n) is 2.58. The van der Waals surface area contributed by atoms with Crippen LogP contribution in [0.25, 0.3) is 0 Å². The van der Waals surface area contributed by atoms with E-state index in [9.17, 15) is 0 Å². The second kappa shape index (κ2) is 7.60. The molecule has 0 aromatic heterocycles. The third-order valence-corrected chi connectivity index (χ3v) is 2.58. The predicted molar refractivity (Wildman–Crippen MR) is 56.5 cm³/mol. The van der Waals surface area contributed by atoms with Gasteiger partial charge in [-0.3, -0.25) is 0 Å². The minimum absolute atomic E-state index is 0.821. The van der Waals surface area contributed by atoms with Crippen molar-refractivity contribution in [2.45, 2.75) is 58.9 Å². The minimum Gasteiger partial charge on any atom is -0.303 e.